The van der Waals surface area contributed by atoms with Gasteiger partial charge in [0.05, 0.1) is 10.7 Å². The molecule has 38 heavy (non-hydrogen) atoms. The van der Waals surface area contributed by atoms with Crippen LogP contribution in [0.4, 0.5) is 10.5 Å². The summed E-state index contributed by atoms with van der Waals surface area (Å²) < 4.78 is 5.41. The van der Waals surface area contributed by atoms with Crippen LogP contribution in [0.25, 0.3) is 0 Å². The number of likely N-dealkylation sites (N-methyl/N-ethyl adjacent to an activating group) is 1. The molecule has 0 aliphatic rings. The first kappa shape index (κ1) is 31.0. The summed E-state index contributed by atoms with van der Waals surface area (Å²) in [4.78, 5) is 42.0. The van der Waals surface area contributed by atoms with E-state index in [9.17, 15) is 19.5 Å². The third-order valence-corrected chi connectivity index (χ3v) is 6.66. The molecule has 3 unspecified atom stereocenters. The van der Waals surface area contributed by atoms with Crippen molar-refractivity contribution in [1.82, 2.24) is 10.2 Å². The number of aryl methyl sites for hydroxylation is 2. The monoisotopic (exact) mass is 545 g/mol. The Bertz CT molecular complexity index is 1140. The van der Waals surface area contributed by atoms with Crippen molar-refractivity contribution in [2.75, 3.05) is 11.9 Å². The number of halogens is 1. The molecule has 0 aliphatic heterocycles. The fourth-order valence-corrected chi connectivity index (χ4v) is 4.33. The number of amides is 3. The Balaban J connectivity index is 2.55. The SMILES string of the molecule is CCC(C)C(NC(=O)OC(C)(C)C)C(=O)N(CC)C(C(=O)Nc1c(C)cccc1Cl)c1ccc(O)c(C)c1. The summed E-state index contributed by atoms with van der Waals surface area (Å²) in [5.41, 5.74) is 1.55. The van der Waals surface area contributed by atoms with E-state index >= 15 is 0 Å². The number of rotatable bonds is 9. The van der Waals surface area contributed by atoms with Crippen molar-refractivity contribution in [1.29, 1.82) is 0 Å². The fourth-order valence-electron chi connectivity index (χ4n) is 4.07. The number of hydrogen-bond acceptors (Lipinski definition) is 5. The van der Waals surface area contributed by atoms with Crippen molar-refractivity contribution in [2.45, 2.75) is 79.5 Å². The number of para-hydroxylation sites is 1. The minimum atomic E-state index is -1.06. The molecule has 0 aromatic heterocycles. The number of ether oxygens (including phenoxy) is 1. The zero-order valence-electron chi connectivity index (χ0n) is 23.5. The average molecular weight is 546 g/mol. The van der Waals surface area contributed by atoms with E-state index in [1.165, 1.54) is 11.0 Å². The van der Waals surface area contributed by atoms with Gasteiger partial charge in [0.2, 0.25) is 5.91 Å². The topological polar surface area (TPSA) is 108 Å². The molecule has 3 atom stereocenters. The molecule has 0 saturated heterocycles. The lowest BCUT2D eigenvalue weighted by Crippen LogP contribution is -2.54. The number of phenols is 1. The molecule has 9 heteroatoms. The second-order valence-electron chi connectivity index (χ2n) is 10.5. The van der Waals surface area contributed by atoms with E-state index in [2.05, 4.69) is 10.6 Å². The van der Waals surface area contributed by atoms with Crippen LogP contribution in [0, 0.1) is 19.8 Å². The fraction of sp³-hybridized carbons (Fsp3) is 0.483. The number of carbonyl (C=O) groups excluding carboxylic acids is 3. The van der Waals surface area contributed by atoms with Gasteiger partial charge in [-0.15, -0.1) is 0 Å². The molecule has 0 heterocycles. The van der Waals surface area contributed by atoms with Gasteiger partial charge in [-0.1, -0.05) is 50.1 Å². The number of hydrogen-bond donors (Lipinski definition) is 3. The van der Waals surface area contributed by atoms with Crippen molar-refractivity contribution < 1.29 is 24.2 Å². The zero-order valence-corrected chi connectivity index (χ0v) is 24.3. The Labute approximate surface area is 230 Å². The van der Waals surface area contributed by atoms with E-state index in [0.29, 0.717) is 28.3 Å². The highest BCUT2D eigenvalue weighted by Gasteiger charge is 2.37. The number of carbonyl (C=O) groups is 3. The van der Waals surface area contributed by atoms with Crippen LogP contribution in [0.15, 0.2) is 36.4 Å². The first-order valence-electron chi connectivity index (χ1n) is 12.9. The first-order valence-corrected chi connectivity index (χ1v) is 13.2. The number of alkyl carbamates (subject to hydrolysis) is 1. The van der Waals surface area contributed by atoms with Crippen molar-refractivity contribution in [3.63, 3.8) is 0 Å². The van der Waals surface area contributed by atoms with Crippen molar-refractivity contribution in [3.05, 3.63) is 58.1 Å². The van der Waals surface area contributed by atoms with Crippen LogP contribution in [0.3, 0.4) is 0 Å². The summed E-state index contributed by atoms with van der Waals surface area (Å²) in [7, 11) is 0. The molecular weight excluding hydrogens is 506 g/mol. The Morgan fingerprint density at radius 3 is 2.26 bits per heavy atom. The Morgan fingerprint density at radius 2 is 1.74 bits per heavy atom. The number of benzene rings is 2. The smallest absolute Gasteiger partial charge is 0.408 e. The standard InChI is InChI=1S/C29H40ClN3O5/c1-9-17(3)24(32-28(37)38-29(6,7)8)27(36)33(10-2)25(20-14-15-22(34)19(5)16-20)26(35)31-23-18(4)12-11-13-21(23)30/h11-17,24-25,34H,9-10H2,1-8H3,(H,31,35)(H,32,37). The zero-order chi connectivity index (χ0) is 28.8. The minimum absolute atomic E-state index is 0.0771. The lowest BCUT2D eigenvalue weighted by molar-refractivity contribution is -0.141. The van der Waals surface area contributed by atoms with Crippen molar-refractivity contribution >= 4 is 35.2 Å². The van der Waals surface area contributed by atoms with Crippen LogP contribution in [0.5, 0.6) is 5.75 Å². The predicted octanol–water partition coefficient (Wildman–Crippen LogP) is 6.13. The van der Waals surface area contributed by atoms with E-state index in [1.807, 2.05) is 26.8 Å². The quantitative estimate of drug-likeness (QED) is 0.351. The molecule has 0 radical (unpaired) electrons. The van der Waals surface area contributed by atoms with Crippen LogP contribution >= 0.6 is 11.6 Å². The first-order chi connectivity index (χ1) is 17.7. The second-order valence-corrected chi connectivity index (χ2v) is 10.9. The summed E-state index contributed by atoms with van der Waals surface area (Å²) in [6.45, 7) is 14.5. The van der Waals surface area contributed by atoms with Crippen LogP contribution < -0.4 is 10.6 Å². The van der Waals surface area contributed by atoms with Gasteiger partial charge < -0.3 is 25.4 Å². The Morgan fingerprint density at radius 1 is 1.08 bits per heavy atom. The highest BCUT2D eigenvalue weighted by Crippen LogP contribution is 2.31. The molecule has 0 aliphatic carbocycles. The minimum Gasteiger partial charge on any atom is -0.508 e. The highest BCUT2D eigenvalue weighted by atomic mass is 35.5. The Kier molecular flexibility index (Phi) is 10.6. The van der Waals surface area contributed by atoms with Gasteiger partial charge in [0.1, 0.15) is 23.4 Å². The molecule has 0 bridgehead atoms. The lowest BCUT2D eigenvalue weighted by Gasteiger charge is -2.35. The molecule has 8 nitrogen and oxygen atoms in total. The molecule has 2 aromatic carbocycles. The van der Waals surface area contributed by atoms with Crippen molar-refractivity contribution in [2.24, 2.45) is 5.92 Å². The largest absolute Gasteiger partial charge is 0.508 e. The molecule has 2 rings (SSSR count). The molecule has 0 spiro atoms. The van der Waals surface area contributed by atoms with Gasteiger partial charge in [0.25, 0.3) is 5.91 Å². The maximum absolute atomic E-state index is 14.0. The van der Waals surface area contributed by atoms with Gasteiger partial charge in [-0.2, -0.15) is 0 Å². The third kappa shape index (κ3) is 7.87. The average Bonchev–Trinajstić information content (AvgIpc) is 2.83. The van der Waals surface area contributed by atoms with Gasteiger partial charge in [-0.05, 0) is 82.3 Å². The van der Waals surface area contributed by atoms with Crippen molar-refractivity contribution in [3.8, 4) is 5.75 Å². The van der Waals surface area contributed by atoms with Gasteiger partial charge >= 0.3 is 6.09 Å². The summed E-state index contributed by atoms with van der Waals surface area (Å²) in [6, 6.07) is 8.09. The number of nitrogens with one attached hydrogen (secondary N) is 2. The van der Waals surface area contributed by atoms with E-state index in [4.69, 9.17) is 16.3 Å². The van der Waals surface area contributed by atoms with E-state index in [-0.39, 0.29) is 18.2 Å². The summed E-state index contributed by atoms with van der Waals surface area (Å²) >= 11 is 6.38. The van der Waals surface area contributed by atoms with Gasteiger partial charge in [0.15, 0.2) is 0 Å². The Hall–Kier alpha value is -3.26. The maximum Gasteiger partial charge on any atom is 0.408 e. The lowest BCUT2D eigenvalue weighted by atomic mass is 9.95. The van der Waals surface area contributed by atoms with E-state index in [1.54, 1.807) is 58.9 Å². The molecular formula is C29H40ClN3O5. The molecule has 2 aromatic rings. The summed E-state index contributed by atoms with van der Waals surface area (Å²) in [5, 5.41) is 16.1. The summed E-state index contributed by atoms with van der Waals surface area (Å²) in [6.07, 6.45) is -0.0991. The number of phenolic OH excluding ortho intramolecular Hbond substituents is 1. The molecule has 3 amide bonds. The van der Waals surface area contributed by atoms with Crippen LogP contribution in [-0.2, 0) is 14.3 Å². The van der Waals surface area contributed by atoms with Crippen LogP contribution in [0.1, 0.15) is 70.7 Å². The maximum atomic E-state index is 14.0. The molecule has 3 N–H and O–H groups in total. The summed E-state index contributed by atoms with van der Waals surface area (Å²) in [5.74, 6) is -1.05. The van der Waals surface area contributed by atoms with E-state index in [0.717, 1.165) is 5.56 Å². The van der Waals surface area contributed by atoms with Gasteiger partial charge in [-0.25, -0.2) is 4.79 Å². The predicted molar refractivity (Wildman–Crippen MR) is 150 cm³/mol. The molecule has 0 saturated carbocycles. The normalized spacial score (nSPS) is 13.7. The van der Waals surface area contributed by atoms with Gasteiger partial charge in [0, 0.05) is 6.54 Å². The number of anilines is 1. The van der Waals surface area contributed by atoms with Crippen LogP contribution in [0.2, 0.25) is 5.02 Å². The third-order valence-electron chi connectivity index (χ3n) is 6.34. The number of nitrogens with zero attached hydrogens (tertiary/aromatic N) is 1. The molecule has 208 valence electrons. The molecule has 0 fully saturated rings. The van der Waals surface area contributed by atoms with Gasteiger partial charge in [-0.3, -0.25) is 9.59 Å². The highest BCUT2D eigenvalue weighted by molar-refractivity contribution is 6.34. The second kappa shape index (κ2) is 13.0. The van der Waals surface area contributed by atoms with E-state index < -0.39 is 35.6 Å². The van der Waals surface area contributed by atoms with Crippen LogP contribution in [-0.4, -0.2) is 46.1 Å². The number of aromatic hydroxyl groups is 1.